The van der Waals surface area contributed by atoms with Gasteiger partial charge in [0.25, 0.3) is 0 Å². The summed E-state index contributed by atoms with van der Waals surface area (Å²) in [4.78, 5) is 5.28. The van der Waals surface area contributed by atoms with Crippen molar-refractivity contribution in [1.82, 2.24) is 10.3 Å². The number of benzene rings is 1. The fourth-order valence-electron chi connectivity index (χ4n) is 1.52. The van der Waals surface area contributed by atoms with Crippen molar-refractivity contribution in [3.63, 3.8) is 0 Å². The molecule has 18 heavy (non-hydrogen) atoms. The van der Waals surface area contributed by atoms with Crippen LogP contribution in [0.4, 0.5) is 8.78 Å². The molecule has 0 saturated heterocycles. The fourth-order valence-corrected chi connectivity index (χ4v) is 2.27. The Kier molecular flexibility index (Phi) is 3.88. The van der Waals surface area contributed by atoms with Crippen LogP contribution in [-0.4, -0.2) is 10.1 Å². The highest BCUT2D eigenvalue weighted by Crippen LogP contribution is 2.21. The van der Waals surface area contributed by atoms with Crippen LogP contribution in [0.1, 0.15) is 15.4 Å². The summed E-state index contributed by atoms with van der Waals surface area (Å²) in [5, 5.41) is 12.9. The van der Waals surface area contributed by atoms with Crippen molar-refractivity contribution in [3.05, 3.63) is 45.4 Å². The minimum Gasteiger partial charge on any atom is -0.503 e. The zero-order valence-corrected chi connectivity index (χ0v) is 10.5. The number of thiazole rings is 1. The molecule has 0 unspecified atom stereocenters. The molecule has 0 saturated carbocycles. The summed E-state index contributed by atoms with van der Waals surface area (Å²) in [5.74, 6) is -2.83. The topological polar surface area (TPSA) is 45.2 Å². The van der Waals surface area contributed by atoms with E-state index in [2.05, 4.69) is 10.3 Å². The first-order chi connectivity index (χ1) is 8.56. The van der Waals surface area contributed by atoms with Crippen molar-refractivity contribution < 1.29 is 13.9 Å². The van der Waals surface area contributed by atoms with E-state index in [0.717, 1.165) is 22.0 Å². The van der Waals surface area contributed by atoms with E-state index in [4.69, 9.17) is 5.11 Å². The number of hydrogen-bond acceptors (Lipinski definition) is 4. The maximum absolute atomic E-state index is 13.1. The van der Waals surface area contributed by atoms with Crippen molar-refractivity contribution in [2.45, 2.75) is 20.0 Å². The van der Waals surface area contributed by atoms with Gasteiger partial charge in [-0.05, 0) is 24.6 Å². The van der Waals surface area contributed by atoms with Crippen molar-refractivity contribution in [3.8, 4) is 5.75 Å². The number of halogens is 2. The number of nitrogens with zero attached hydrogens (tertiary/aromatic N) is 1. The third-order valence-electron chi connectivity index (χ3n) is 2.35. The Labute approximate surface area is 107 Å². The summed E-state index contributed by atoms with van der Waals surface area (Å²) in [5.41, 5.74) is 0.441. The van der Waals surface area contributed by atoms with Crippen LogP contribution in [0.25, 0.3) is 0 Å². The highest BCUT2D eigenvalue weighted by molar-refractivity contribution is 7.11. The summed E-state index contributed by atoms with van der Waals surface area (Å²) in [7, 11) is 0. The first-order valence-corrected chi connectivity index (χ1v) is 6.17. The van der Waals surface area contributed by atoms with E-state index in [-0.39, 0.29) is 0 Å². The number of phenols is 1. The Hall–Kier alpha value is -1.53. The molecule has 0 aliphatic carbocycles. The molecule has 3 nitrogen and oxygen atoms in total. The third-order valence-corrected chi connectivity index (χ3v) is 3.26. The van der Waals surface area contributed by atoms with Crippen LogP contribution in [0, 0.1) is 18.6 Å². The predicted molar refractivity (Wildman–Crippen MR) is 65.4 cm³/mol. The van der Waals surface area contributed by atoms with Gasteiger partial charge in [-0.3, -0.25) is 0 Å². The summed E-state index contributed by atoms with van der Waals surface area (Å²) in [6, 6.07) is 2.22. The van der Waals surface area contributed by atoms with Crippen molar-refractivity contribution in [1.29, 1.82) is 0 Å². The van der Waals surface area contributed by atoms with Gasteiger partial charge in [0.2, 0.25) is 0 Å². The normalized spacial score (nSPS) is 10.8. The van der Waals surface area contributed by atoms with Crippen molar-refractivity contribution in [2.24, 2.45) is 0 Å². The maximum atomic E-state index is 13.1. The second-order valence-corrected chi connectivity index (χ2v) is 5.20. The van der Waals surface area contributed by atoms with Gasteiger partial charge in [0.1, 0.15) is 5.01 Å². The quantitative estimate of drug-likeness (QED) is 0.898. The van der Waals surface area contributed by atoms with Gasteiger partial charge in [-0.1, -0.05) is 0 Å². The molecule has 0 radical (unpaired) electrons. The van der Waals surface area contributed by atoms with Crippen LogP contribution in [0.5, 0.6) is 5.75 Å². The summed E-state index contributed by atoms with van der Waals surface area (Å²) in [6.45, 7) is 2.82. The minimum atomic E-state index is -0.947. The maximum Gasteiger partial charge on any atom is 0.187 e. The van der Waals surface area contributed by atoms with Gasteiger partial charge >= 0.3 is 0 Å². The van der Waals surface area contributed by atoms with Crippen molar-refractivity contribution >= 4 is 11.3 Å². The van der Waals surface area contributed by atoms with Crippen LogP contribution < -0.4 is 5.32 Å². The fraction of sp³-hybridized carbons (Fsp3) is 0.250. The van der Waals surface area contributed by atoms with E-state index >= 15 is 0 Å². The van der Waals surface area contributed by atoms with Crippen LogP contribution in [-0.2, 0) is 13.1 Å². The van der Waals surface area contributed by atoms with Gasteiger partial charge in [0, 0.05) is 24.2 Å². The first kappa shape index (κ1) is 12.9. The number of aryl methyl sites for hydroxylation is 1. The lowest BCUT2D eigenvalue weighted by Crippen LogP contribution is -2.12. The second kappa shape index (κ2) is 5.41. The monoisotopic (exact) mass is 270 g/mol. The summed E-state index contributed by atoms with van der Waals surface area (Å²) >= 11 is 1.57. The summed E-state index contributed by atoms with van der Waals surface area (Å²) < 4.78 is 26.1. The van der Waals surface area contributed by atoms with Gasteiger partial charge in [0.15, 0.2) is 17.4 Å². The lowest BCUT2D eigenvalue weighted by atomic mass is 10.2. The molecule has 2 aromatic rings. The van der Waals surface area contributed by atoms with Gasteiger partial charge < -0.3 is 10.4 Å². The van der Waals surface area contributed by atoms with E-state index in [1.165, 1.54) is 0 Å². The molecule has 0 amide bonds. The first-order valence-electron chi connectivity index (χ1n) is 5.35. The standard InChI is InChI=1S/C12H12F2N2OS/c1-7-4-16-11(18-7)6-15-5-8-2-9(13)12(17)10(14)3-8/h2-4,15,17H,5-6H2,1H3. The lowest BCUT2D eigenvalue weighted by Gasteiger charge is -2.05. The molecule has 0 fully saturated rings. The third kappa shape index (κ3) is 3.02. The number of hydrogen-bond donors (Lipinski definition) is 2. The second-order valence-electron chi connectivity index (χ2n) is 3.88. The molecule has 0 aliphatic rings. The predicted octanol–water partition coefficient (Wildman–Crippen LogP) is 2.73. The van der Waals surface area contributed by atoms with Crippen LogP contribution in [0.2, 0.25) is 0 Å². The molecule has 6 heteroatoms. The number of rotatable bonds is 4. The van der Waals surface area contributed by atoms with Gasteiger partial charge in [-0.25, -0.2) is 13.8 Å². The Morgan fingerprint density at radius 2 is 1.94 bits per heavy atom. The molecule has 0 spiro atoms. The Morgan fingerprint density at radius 3 is 2.50 bits per heavy atom. The average Bonchev–Trinajstić information content (AvgIpc) is 2.72. The Morgan fingerprint density at radius 1 is 1.28 bits per heavy atom. The highest BCUT2D eigenvalue weighted by Gasteiger charge is 2.09. The summed E-state index contributed by atoms with van der Waals surface area (Å²) in [6.07, 6.45) is 1.78. The Balaban J connectivity index is 1.94. The number of phenolic OH excluding ortho intramolecular Hbond substituents is 1. The molecular weight excluding hydrogens is 258 g/mol. The smallest absolute Gasteiger partial charge is 0.187 e. The molecule has 0 aliphatic heterocycles. The van der Waals surface area contributed by atoms with Gasteiger partial charge in [-0.15, -0.1) is 11.3 Å². The lowest BCUT2D eigenvalue weighted by molar-refractivity contribution is 0.395. The van der Waals surface area contributed by atoms with Crippen LogP contribution >= 0.6 is 11.3 Å². The zero-order chi connectivity index (χ0) is 13.1. The molecule has 1 aromatic heterocycles. The SMILES string of the molecule is Cc1cnc(CNCc2cc(F)c(O)c(F)c2)s1. The van der Waals surface area contributed by atoms with E-state index in [0.29, 0.717) is 18.7 Å². The molecule has 0 atom stereocenters. The molecular formula is C12H12F2N2OS. The zero-order valence-electron chi connectivity index (χ0n) is 9.70. The number of aromatic nitrogens is 1. The van der Waals surface area contributed by atoms with E-state index in [9.17, 15) is 8.78 Å². The van der Waals surface area contributed by atoms with E-state index in [1.807, 2.05) is 6.92 Å². The minimum absolute atomic E-state index is 0.312. The largest absolute Gasteiger partial charge is 0.503 e. The van der Waals surface area contributed by atoms with Crippen LogP contribution in [0.3, 0.4) is 0 Å². The molecule has 96 valence electrons. The molecule has 2 rings (SSSR count). The number of nitrogens with one attached hydrogen (secondary N) is 1. The molecule has 1 heterocycles. The molecule has 0 bridgehead atoms. The molecule has 1 aromatic carbocycles. The Bertz CT molecular complexity index is 534. The average molecular weight is 270 g/mol. The van der Waals surface area contributed by atoms with Gasteiger partial charge in [0.05, 0.1) is 0 Å². The highest BCUT2D eigenvalue weighted by atomic mass is 32.1. The van der Waals surface area contributed by atoms with Gasteiger partial charge in [-0.2, -0.15) is 0 Å². The van der Waals surface area contributed by atoms with E-state index in [1.54, 1.807) is 17.5 Å². The van der Waals surface area contributed by atoms with Crippen molar-refractivity contribution in [2.75, 3.05) is 0 Å². The molecule has 2 N–H and O–H groups in total. The van der Waals surface area contributed by atoms with Crippen LogP contribution in [0.15, 0.2) is 18.3 Å². The number of aromatic hydroxyl groups is 1. The van der Waals surface area contributed by atoms with E-state index < -0.39 is 17.4 Å².